The number of ketones is 1. The number of hydrogen-bond acceptors (Lipinski definition) is 3. The molecular weight excluding hydrogens is 259 g/mol. The number of methoxy groups -OCH3 is 1. The summed E-state index contributed by atoms with van der Waals surface area (Å²) in [5.41, 5.74) is 2.84. The van der Waals surface area contributed by atoms with Crippen LogP contribution in [-0.4, -0.2) is 12.9 Å². The zero-order chi connectivity index (χ0) is 14.1. The van der Waals surface area contributed by atoms with E-state index in [4.69, 9.17) is 9.47 Å². The lowest BCUT2D eigenvalue weighted by molar-refractivity contribution is 0.103. The number of carbonyl (C=O) groups excluding carboxylic acids is 1. The molecule has 0 atom stereocenters. The fraction of sp³-hybridized carbons (Fsp3) is 0.188. The number of fused-ring (bicyclic) bond motifs is 1. The molecule has 1 aliphatic rings. The Hall–Kier alpha value is -2.20. The van der Waals surface area contributed by atoms with Crippen molar-refractivity contribution in [1.82, 2.24) is 0 Å². The zero-order valence-corrected chi connectivity index (χ0v) is 11.0. The van der Waals surface area contributed by atoms with Crippen LogP contribution in [0, 0.1) is 5.82 Å². The molecule has 0 N–H and O–H groups in total. The van der Waals surface area contributed by atoms with Gasteiger partial charge in [0.2, 0.25) is 0 Å². The molecule has 1 heterocycles. The Bertz CT molecular complexity index is 679. The molecule has 0 fully saturated rings. The summed E-state index contributed by atoms with van der Waals surface area (Å²) in [4.78, 5) is 12.5. The molecule has 102 valence electrons. The molecule has 0 unspecified atom stereocenters. The van der Waals surface area contributed by atoms with Crippen molar-refractivity contribution in [1.29, 1.82) is 0 Å². The van der Waals surface area contributed by atoms with E-state index in [2.05, 4.69) is 0 Å². The van der Waals surface area contributed by atoms with E-state index in [9.17, 15) is 9.18 Å². The largest absolute Gasteiger partial charge is 0.496 e. The quantitative estimate of drug-likeness (QED) is 0.805. The van der Waals surface area contributed by atoms with Crippen LogP contribution in [0.1, 0.15) is 27.0 Å². The van der Waals surface area contributed by atoms with Gasteiger partial charge >= 0.3 is 0 Å². The molecule has 0 radical (unpaired) electrons. The van der Waals surface area contributed by atoms with Gasteiger partial charge in [-0.25, -0.2) is 4.39 Å². The summed E-state index contributed by atoms with van der Waals surface area (Å²) < 4.78 is 23.8. The number of hydrogen-bond donors (Lipinski definition) is 0. The maximum Gasteiger partial charge on any atom is 0.196 e. The molecule has 2 aromatic carbocycles. The first-order valence-corrected chi connectivity index (χ1v) is 6.27. The van der Waals surface area contributed by atoms with Crippen LogP contribution in [0.25, 0.3) is 0 Å². The highest BCUT2D eigenvalue weighted by molar-refractivity contribution is 6.10. The van der Waals surface area contributed by atoms with Crippen LogP contribution in [0.3, 0.4) is 0 Å². The minimum atomic E-state index is -0.460. The van der Waals surface area contributed by atoms with Gasteiger partial charge in [-0.1, -0.05) is 12.1 Å². The van der Waals surface area contributed by atoms with E-state index in [1.165, 1.54) is 25.3 Å². The summed E-state index contributed by atoms with van der Waals surface area (Å²) in [6.07, 6.45) is 0. The van der Waals surface area contributed by atoms with Crippen LogP contribution in [0.2, 0.25) is 0 Å². The second kappa shape index (κ2) is 5.06. The highest BCUT2D eigenvalue weighted by atomic mass is 19.1. The second-order valence-electron chi connectivity index (χ2n) is 4.65. The lowest BCUT2D eigenvalue weighted by atomic mass is 9.98. The molecule has 2 aromatic rings. The molecule has 20 heavy (non-hydrogen) atoms. The smallest absolute Gasteiger partial charge is 0.196 e. The minimum absolute atomic E-state index is 0.228. The fourth-order valence-electron chi connectivity index (χ4n) is 2.33. The zero-order valence-electron chi connectivity index (χ0n) is 11.0. The summed E-state index contributed by atoms with van der Waals surface area (Å²) in [7, 11) is 1.46. The second-order valence-corrected chi connectivity index (χ2v) is 4.65. The van der Waals surface area contributed by atoms with Gasteiger partial charge in [0.05, 0.1) is 25.9 Å². The average molecular weight is 272 g/mol. The van der Waals surface area contributed by atoms with Crippen molar-refractivity contribution in [3.8, 4) is 5.75 Å². The lowest BCUT2D eigenvalue weighted by Gasteiger charge is -2.08. The first-order chi connectivity index (χ1) is 9.69. The van der Waals surface area contributed by atoms with Crippen LogP contribution in [0.5, 0.6) is 5.75 Å². The molecule has 3 rings (SSSR count). The van der Waals surface area contributed by atoms with Crippen molar-refractivity contribution >= 4 is 5.78 Å². The lowest BCUT2D eigenvalue weighted by Crippen LogP contribution is -2.05. The summed E-state index contributed by atoms with van der Waals surface area (Å²) in [6, 6.07) is 9.34. The molecule has 0 bridgehead atoms. The Morgan fingerprint density at radius 1 is 1.15 bits per heavy atom. The van der Waals surface area contributed by atoms with E-state index in [0.717, 1.165) is 11.1 Å². The van der Waals surface area contributed by atoms with Crippen molar-refractivity contribution in [2.75, 3.05) is 7.11 Å². The Kier molecular flexibility index (Phi) is 3.24. The van der Waals surface area contributed by atoms with E-state index in [1.807, 2.05) is 6.07 Å². The van der Waals surface area contributed by atoms with E-state index in [1.54, 1.807) is 12.1 Å². The van der Waals surface area contributed by atoms with Crippen LogP contribution in [0.4, 0.5) is 4.39 Å². The first kappa shape index (κ1) is 12.8. The molecule has 1 aliphatic heterocycles. The Labute approximate surface area is 115 Å². The predicted molar refractivity (Wildman–Crippen MR) is 71.3 cm³/mol. The maximum absolute atomic E-state index is 13.4. The first-order valence-electron chi connectivity index (χ1n) is 6.27. The fourth-order valence-corrected chi connectivity index (χ4v) is 2.33. The summed E-state index contributed by atoms with van der Waals surface area (Å²) in [5.74, 6) is -0.345. The van der Waals surface area contributed by atoms with Crippen molar-refractivity contribution in [2.24, 2.45) is 0 Å². The number of benzene rings is 2. The van der Waals surface area contributed by atoms with Gasteiger partial charge in [0.1, 0.15) is 11.6 Å². The van der Waals surface area contributed by atoms with Crippen molar-refractivity contribution in [3.63, 3.8) is 0 Å². The summed E-state index contributed by atoms with van der Waals surface area (Å²) in [6.45, 7) is 1.09. The van der Waals surface area contributed by atoms with Crippen molar-refractivity contribution < 1.29 is 18.7 Å². The molecule has 4 heteroatoms. The van der Waals surface area contributed by atoms with E-state index < -0.39 is 5.82 Å². The Morgan fingerprint density at radius 2 is 1.95 bits per heavy atom. The number of halogens is 1. The standard InChI is InChI=1S/C16H13FO3/c1-19-15-5-4-13(17)7-14(15)16(18)10-2-3-11-8-20-9-12(11)6-10/h2-7H,8-9H2,1H3. The molecule has 0 aliphatic carbocycles. The average Bonchev–Trinajstić information content (AvgIpc) is 2.93. The molecule has 0 spiro atoms. The van der Waals surface area contributed by atoms with E-state index in [0.29, 0.717) is 24.5 Å². The van der Waals surface area contributed by atoms with E-state index >= 15 is 0 Å². The third kappa shape index (κ3) is 2.18. The Morgan fingerprint density at radius 3 is 2.75 bits per heavy atom. The summed E-state index contributed by atoms with van der Waals surface area (Å²) >= 11 is 0. The maximum atomic E-state index is 13.4. The number of rotatable bonds is 3. The SMILES string of the molecule is COc1ccc(F)cc1C(=O)c1ccc2c(c1)COC2. The Balaban J connectivity index is 2.02. The van der Waals surface area contributed by atoms with Crippen LogP contribution >= 0.6 is 0 Å². The van der Waals surface area contributed by atoms with E-state index in [-0.39, 0.29) is 11.3 Å². The van der Waals surface area contributed by atoms with Gasteiger partial charge in [-0.3, -0.25) is 4.79 Å². The third-order valence-electron chi connectivity index (χ3n) is 3.39. The highest BCUT2D eigenvalue weighted by Crippen LogP contribution is 2.26. The van der Waals surface area contributed by atoms with Crippen LogP contribution < -0.4 is 4.74 Å². The minimum Gasteiger partial charge on any atom is -0.496 e. The number of ether oxygens (including phenoxy) is 2. The molecule has 0 amide bonds. The van der Waals surface area contributed by atoms with Crippen molar-refractivity contribution in [2.45, 2.75) is 13.2 Å². The molecule has 0 aromatic heterocycles. The third-order valence-corrected chi connectivity index (χ3v) is 3.39. The van der Waals surface area contributed by atoms with Gasteiger partial charge < -0.3 is 9.47 Å². The molecule has 0 saturated heterocycles. The highest BCUT2D eigenvalue weighted by Gasteiger charge is 2.18. The topological polar surface area (TPSA) is 35.5 Å². The number of carbonyl (C=O) groups is 1. The molecular formula is C16H13FO3. The van der Waals surface area contributed by atoms with Gasteiger partial charge in [-0.15, -0.1) is 0 Å². The monoisotopic (exact) mass is 272 g/mol. The molecule has 3 nitrogen and oxygen atoms in total. The van der Waals surface area contributed by atoms with Gasteiger partial charge in [0.25, 0.3) is 0 Å². The normalized spacial score (nSPS) is 13.1. The van der Waals surface area contributed by atoms with Crippen molar-refractivity contribution in [3.05, 3.63) is 64.5 Å². The predicted octanol–water partition coefficient (Wildman–Crippen LogP) is 3.10. The molecule has 0 saturated carbocycles. The summed E-state index contributed by atoms with van der Waals surface area (Å²) in [5, 5.41) is 0. The van der Waals surface area contributed by atoms with Gasteiger partial charge in [-0.2, -0.15) is 0 Å². The van der Waals surface area contributed by atoms with Crippen LogP contribution in [0.15, 0.2) is 36.4 Å². The van der Waals surface area contributed by atoms with Crippen LogP contribution in [-0.2, 0) is 18.0 Å². The van der Waals surface area contributed by atoms with Gasteiger partial charge in [0, 0.05) is 5.56 Å². The van der Waals surface area contributed by atoms with Gasteiger partial charge in [0.15, 0.2) is 5.78 Å². The van der Waals surface area contributed by atoms with Gasteiger partial charge in [-0.05, 0) is 35.4 Å².